The minimum atomic E-state index is -0.942. The quantitative estimate of drug-likeness (QED) is 0.603. The molecule has 2 atom stereocenters. The molecule has 2 aliphatic heterocycles. The van der Waals surface area contributed by atoms with Crippen LogP contribution in [0.15, 0.2) is 71.5 Å². The first kappa shape index (κ1) is 19.6. The molecule has 1 amide bonds. The van der Waals surface area contributed by atoms with Gasteiger partial charge < -0.3 is 19.2 Å². The van der Waals surface area contributed by atoms with Gasteiger partial charge in [0, 0.05) is 36.4 Å². The third kappa shape index (κ3) is 3.06. The number of hydrogen-bond donors (Lipinski definition) is 1. The van der Waals surface area contributed by atoms with Gasteiger partial charge in [0.1, 0.15) is 6.61 Å². The van der Waals surface area contributed by atoms with E-state index in [1.807, 2.05) is 23.1 Å². The number of ether oxygens (including phenoxy) is 1. The number of rotatable bonds is 3. The fraction of sp³-hybridized carbons (Fsp3) is 0.370. The number of carbonyl (C=O) groups excluding carboxylic acids is 1. The number of fused-ring (bicyclic) bond motifs is 5. The number of piperidine rings is 2. The van der Waals surface area contributed by atoms with Gasteiger partial charge in [0.2, 0.25) is 0 Å². The van der Waals surface area contributed by atoms with Crippen molar-refractivity contribution in [2.75, 3.05) is 6.61 Å². The van der Waals surface area contributed by atoms with E-state index in [9.17, 15) is 9.90 Å². The molecule has 32 heavy (non-hydrogen) atoms. The Bertz CT molecular complexity index is 1080. The number of benzene rings is 2. The molecular formula is C27H27NO4. The van der Waals surface area contributed by atoms with E-state index < -0.39 is 5.60 Å². The Morgan fingerprint density at radius 3 is 2.22 bits per heavy atom. The number of hydrogen-bond acceptors (Lipinski definition) is 4. The van der Waals surface area contributed by atoms with Crippen molar-refractivity contribution in [3.63, 3.8) is 0 Å². The number of amides is 1. The Labute approximate surface area is 187 Å². The van der Waals surface area contributed by atoms with Crippen molar-refractivity contribution in [1.29, 1.82) is 0 Å². The van der Waals surface area contributed by atoms with Crippen molar-refractivity contribution in [3.8, 4) is 11.1 Å². The lowest BCUT2D eigenvalue weighted by atomic mass is 9.73. The van der Waals surface area contributed by atoms with Crippen molar-refractivity contribution < 1.29 is 19.1 Å². The van der Waals surface area contributed by atoms with Gasteiger partial charge in [-0.2, -0.15) is 0 Å². The van der Waals surface area contributed by atoms with Gasteiger partial charge in [-0.15, -0.1) is 0 Å². The average Bonchev–Trinajstić information content (AvgIpc) is 3.45. The zero-order valence-electron chi connectivity index (χ0n) is 17.9. The summed E-state index contributed by atoms with van der Waals surface area (Å²) in [6.07, 6.45) is 6.86. The van der Waals surface area contributed by atoms with Crippen molar-refractivity contribution in [2.24, 2.45) is 0 Å². The van der Waals surface area contributed by atoms with Gasteiger partial charge >= 0.3 is 6.09 Å². The molecule has 3 aliphatic rings. The molecule has 0 saturated carbocycles. The molecule has 3 heterocycles. The highest BCUT2D eigenvalue weighted by molar-refractivity contribution is 5.79. The van der Waals surface area contributed by atoms with Crippen molar-refractivity contribution in [2.45, 2.75) is 55.7 Å². The first-order valence-corrected chi connectivity index (χ1v) is 11.5. The molecule has 2 fully saturated rings. The summed E-state index contributed by atoms with van der Waals surface area (Å²) in [7, 11) is 0. The van der Waals surface area contributed by atoms with Crippen LogP contribution in [0.25, 0.3) is 11.1 Å². The van der Waals surface area contributed by atoms with Gasteiger partial charge in [-0.3, -0.25) is 0 Å². The van der Waals surface area contributed by atoms with Crippen molar-refractivity contribution in [1.82, 2.24) is 4.90 Å². The van der Waals surface area contributed by atoms with E-state index in [2.05, 4.69) is 36.4 Å². The molecule has 1 aliphatic carbocycles. The lowest BCUT2D eigenvalue weighted by Crippen LogP contribution is -2.59. The monoisotopic (exact) mass is 429 g/mol. The topological polar surface area (TPSA) is 62.9 Å². The molecule has 3 aromatic rings. The summed E-state index contributed by atoms with van der Waals surface area (Å²) in [5, 5.41) is 11.3. The number of carbonyl (C=O) groups is 1. The van der Waals surface area contributed by atoms with E-state index in [-0.39, 0.29) is 24.1 Å². The molecule has 164 valence electrons. The maximum absolute atomic E-state index is 13.3. The van der Waals surface area contributed by atoms with Crippen LogP contribution >= 0.6 is 0 Å². The summed E-state index contributed by atoms with van der Waals surface area (Å²) in [5.74, 6) is 0.0545. The Kier molecular flexibility index (Phi) is 4.61. The van der Waals surface area contributed by atoms with Gasteiger partial charge in [0.25, 0.3) is 0 Å². The summed E-state index contributed by atoms with van der Waals surface area (Å²) in [5.41, 5.74) is 4.75. The molecule has 6 rings (SSSR count). The summed E-state index contributed by atoms with van der Waals surface area (Å²) in [6, 6.07) is 18.6. The van der Waals surface area contributed by atoms with Crippen LogP contribution in [0, 0.1) is 0 Å². The zero-order chi connectivity index (χ0) is 21.7. The lowest BCUT2D eigenvalue weighted by Gasteiger charge is -2.51. The second-order valence-electron chi connectivity index (χ2n) is 9.40. The first-order valence-electron chi connectivity index (χ1n) is 11.5. The van der Waals surface area contributed by atoms with Crippen LogP contribution in [0.4, 0.5) is 4.79 Å². The summed E-state index contributed by atoms with van der Waals surface area (Å²) < 4.78 is 11.2. The van der Waals surface area contributed by atoms with E-state index in [4.69, 9.17) is 9.15 Å². The average molecular weight is 430 g/mol. The molecule has 5 heteroatoms. The Morgan fingerprint density at radius 1 is 1.00 bits per heavy atom. The van der Waals surface area contributed by atoms with E-state index in [0.717, 1.165) is 24.8 Å². The largest absolute Gasteiger partial charge is 0.472 e. The van der Waals surface area contributed by atoms with Crippen LogP contribution < -0.4 is 0 Å². The van der Waals surface area contributed by atoms with E-state index in [1.165, 1.54) is 22.3 Å². The summed E-state index contributed by atoms with van der Waals surface area (Å²) in [4.78, 5) is 15.2. The highest BCUT2D eigenvalue weighted by atomic mass is 16.6. The van der Waals surface area contributed by atoms with Gasteiger partial charge in [0.05, 0.1) is 18.1 Å². The predicted molar refractivity (Wildman–Crippen MR) is 120 cm³/mol. The SMILES string of the molecule is O=C(OCC1c2ccccc2-c2ccccc21)N1C2CCCC1CC(O)(c1ccoc1)C2. The molecular weight excluding hydrogens is 402 g/mol. The summed E-state index contributed by atoms with van der Waals surface area (Å²) >= 11 is 0. The van der Waals surface area contributed by atoms with Crippen LogP contribution in [0.5, 0.6) is 0 Å². The Morgan fingerprint density at radius 2 is 1.62 bits per heavy atom. The van der Waals surface area contributed by atoms with E-state index in [0.29, 0.717) is 19.4 Å². The molecule has 5 nitrogen and oxygen atoms in total. The molecule has 1 N–H and O–H groups in total. The van der Waals surface area contributed by atoms with E-state index >= 15 is 0 Å². The van der Waals surface area contributed by atoms with Crippen LogP contribution in [0.3, 0.4) is 0 Å². The van der Waals surface area contributed by atoms with Crippen LogP contribution in [0.1, 0.15) is 54.7 Å². The Balaban J connectivity index is 1.21. The van der Waals surface area contributed by atoms with Crippen molar-refractivity contribution >= 4 is 6.09 Å². The second kappa shape index (κ2) is 7.52. The molecule has 0 spiro atoms. The third-order valence-corrected chi connectivity index (χ3v) is 7.61. The fourth-order valence-electron chi connectivity index (χ4n) is 6.16. The van der Waals surface area contributed by atoms with Gasteiger partial charge in [-0.25, -0.2) is 4.79 Å². The highest BCUT2D eigenvalue weighted by Crippen LogP contribution is 2.46. The third-order valence-electron chi connectivity index (χ3n) is 7.61. The van der Waals surface area contributed by atoms with Gasteiger partial charge in [0.15, 0.2) is 0 Å². The normalized spacial score (nSPS) is 26.5. The lowest BCUT2D eigenvalue weighted by molar-refractivity contribution is -0.0893. The highest BCUT2D eigenvalue weighted by Gasteiger charge is 2.49. The van der Waals surface area contributed by atoms with E-state index in [1.54, 1.807) is 12.5 Å². The number of aliphatic hydroxyl groups is 1. The van der Waals surface area contributed by atoms with Crippen molar-refractivity contribution in [3.05, 3.63) is 83.8 Å². The predicted octanol–water partition coefficient (Wildman–Crippen LogP) is 5.43. The minimum Gasteiger partial charge on any atom is -0.472 e. The molecule has 2 unspecified atom stereocenters. The number of nitrogens with zero attached hydrogens (tertiary/aromatic N) is 1. The number of furan rings is 1. The Hall–Kier alpha value is -3.05. The molecule has 2 saturated heterocycles. The van der Waals surface area contributed by atoms with Crippen LogP contribution in [-0.4, -0.2) is 34.8 Å². The maximum Gasteiger partial charge on any atom is 0.410 e. The summed E-state index contributed by atoms with van der Waals surface area (Å²) in [6.45, 7) is 0.328. The molecule has 2 bridgehead atoms. The maximum atomic E-state index is 13.3. The molecule has 0 radical (unpaired) electrons. The van der Waals surface area contributed by atoms with Gasteiger partial charge in [-0.1, -0.05) is 48.5 Å². The fourth-order valence-corrected chi connectivity index (χ4v) is 6.16. The van der Waals surface area contributed by atoms with Crippen LogP contribution in [-0.2, 0) is 10.3 Å². The standard InChI is InChI=1S/C27H27NO4/c29-26(28-19-6-5-7-20(28)15-27(30,14-19)18-12-13-31-16-18)32-17-25-23-10-3-1-8-21(23)22-9-2-4-11-24(22)25/h1-4,8-13,16,19-20,25,30H,5-7,14-15,17H2. The van der Waals surface area contributed by atoms with Crippen LogP contribution in [0.2, 0.25) is 0 Å². The smallest absolute Gasteiger partial charge is 0.410 e. The molecule has 1 aromatic heterocycles. The zero-order valence-corrected chi connectivity index (χ0v) is 17.9. The first-order chi connectivity index (χ1) is 15.6. The minimum absolute atomic E-state index is 0.0157. The van der Waals surface area contributed by atoms with Gasteiger partial charge in [-0.05, 0) is 47.6 Å². The molecule has 2 aromatic carbocycles. The second-order valence-corrected chi connectivity index (χ2v) is 9.40.